The first kappa shape index (κ1) is 10.5. The molecule has 3 nitrogen and oxygen atoms in total. The summed E-state index contributed by atoms with van der Waals surface area (Å²) in [5.74, 6) is 0.919. The minimum Gasteiger partial charge on any atom is -0.360 e. The molecule has 0 radical (unpaired) electrons. The number of nitrogens with one attached hydrogen (secondary N) is 1. The molecule has 15 heavy (non-hydrogen) atoms. The van der Waals surface area contributed by atoms with Crippen molar-refractivity contribution < 1.29 is 4.52 Å². The van der Waals surface area contributed by atoms with Gasteiger partial charge < -0.3 is 9.84 Å². The highest BCUT2D eigenvalue weighted by atomic mass is 35.5. The number of fused-ring (bicyclic) bond motifs is 1. The monoisotopic (exact) mass is 224 g/mol. The van der Waals surface area contributed by atoms with Gasteiger partial charge >= 0.3 is 0 Å². The van der Waals surface area contributed by atoms with E-state index in [0.29, 0.717) is 0 Å². The summed E-state index contributed by atoms with van der Waals surface area (Å²) in [4.78, 5) is 0. The average Bonchev–Trinajstić information content (AvgIpc) is 2.62. The number of halogens is 1. The molecular weight excluding hydrogens is 212 g/mol. The van der Waals surface area contributed by atoms with E-state index in [2.05, 4.69) is 10.5 Å². The molecule has 1 heterocycles. The number of benzene rings is 1. The van der Waals surface area contributed by atoms with Crippen molar-refractivity contribution in [3.8, 4) is 0 Å². The van der Waals surface area contributed by atoms with Crippen molar-refractivity contribution in [1.82, 2.24) is 10.5 Å². The van der Waals surface area contributed by atoms with Crippen molar-refractivity contribution in [3.05, 3.63) is 29.0 Å². The van der Waals surface area contributed by atoms with E-state index in [-0.39, 0.29) is 0 Å². The van der Waals surface area contributed by atoms with E-state index in [4.69, 9.17) is 16.1 Å². The van der Waals surface area contributed by atoms with Gasteiger partial charge in [-0.3, -0.25) is 0 Å². The van der Waals surface area contributed by atoms with Gasteiger partial charge in [-0.2, -0.15) is 0 Å². The zero-order valence-electron chi connectivity index (χ0n) is 8.59. The van der Waals surface area contributed by atoms with E-state index in [1.54, 1.807) is 0 Å². The summed E-state index contributed by atoms with van der Waals surface area (Å²) in [6.07, 6.45) is 1.92. The number of aryl methyl sites for hydroxylation is 1. The van der Waals surface area contributed by atoms with Crippen molar-refractivity contribution in [2.45, 2.75) is 12.8 Å². The molecular formula is C11H13ClN2O. The van der Waals surface area contributed by atoms with E-state index < -0.39 is 0 Å². The third-order valence-electron chi connectivity index (χ3n) is 2.34. The van der Waals surface area contributed by atoms with Crippen LogP contribution in [0.2, 0.25) is 5.02 Å². The van der Waals surface area contributed by atoms with Crippen LogP contribution in [0.5, 0.6) is 0 Å². The first-order chi connectivity index (χ1) is 7.31. The van der Waals surface area contributed by atoms with Crippen molar-refractivity contribution >= 4 is 22.5 Å². The Bertz CT molecular complexity index is 453. The summed E-state index contributed by atoms with van der Waals surface area (Å²) in [6, 6.07) is 5.61. The maximum Gasteiger partial charge on any atom is 0.144 e. The van der Waals surface area contributed by atoms with Crippen LogP contribution < -0.4 is 5.32 Å². The molecule has 0 aliphatic heterocycles. The van der Waals surface area contributed by atoms with E-state index in [9.17, 15) is 0 Å². The minimum atomic E-state index is 0.723. The number of rotatable bonds is 4. The zero-order chi connectivity index (χ0) is 10.7. The van der Waals surface area contributed by atoms with Crippen LogP contribution in [0.25, 0.3) is 10.9 Å². The number of hydrogen-bond donors (Lipinski definition) is 1. The first-order valence-electron chi connectivity index (χ1n) is 4.99. The van der Waals surface area contributed by atoms with Crippen LogP contribution >= 0.6 is 11.6 Å². The Kier molecular flexibility index (Phi) is 3.23. The molecule has 0 bridgehead atoms. The molecule has 4 heteroatoms. The van der Waals surface area contributed by atoms with Gasteiger partial charge in [0.05, 0.1) is 0 Å². The van der Waals surface area contributed by atoms with Gasteiger partial charge in [0.25, 0.3) is 0 Å². The quantitative estimate of drug-likeness (QED) is 0.812. The molecule has 0 amide bonds. The van der Waals surface area contributed by atoms with E-state index in [1.165, 1.54) is 0 Å². The molecule has 0 saturated carbocycles. The third-order valence-corrected chi connectivity index (χ3v) is 2.58. The normalized spacial score (nSPS) is 11.1. The maximum absolute atomic E-state index is 5.93. The summed E-state index contributed by atoms with van der Waals surface area (Å²) < 4.78 is 5.28. The average molecular weight is 225 g/mol. The van der Waals surface area contributed by atoms with Crippen LogP contribution in [0.4, 0.5) is 0 Å². The first-order valence-corrected chi connectivity index (χ1v) is 5.37. The van der Waals surface area contributed by atoms with Crippen molar-refractivity contribution in [2.24, 2.45) is 0 Å². The fraction of sp³-hybridized carbons (Fsp3) is 0.364. The lowest BCUT2D eigenvalue weighted by molar-refractivity contribution is 0.388. The Morgan fingerprint density at radius 1 is 1.47 bits per heavy atom. The van der Waals surface area contributed by atoms with Crippen molar-refractivity contribution in [1.29, 1.82) is 0 Å². The predicted octanol–water partition coefficient (Wildman–Crippen LogP) is 2.63. The van der Waals surface area contributed by atoms with E-state index in [1.807, 2.05) is 25.2 Å². The topological polar surface area (TPSA) is 38.1 Å². The molecule has 1 aromatic carbocycles. The summed E-state index contributed by atoms with van der Waals surface area (Å²) in [5.41, 5.74) is 0.874. The van der Waals surface area contributed by atoms with Crippen molar-refractivity contribution in [2.75, 3.05) is 13.6 Å². The van der Waals surface area contributed by atoms with Crippen LogP contribution in [0.15, 0.2) is 22.7 Å². The molecule has 0 atom stereocenters. The molecule has 2 aromatic rings. The highest BCUT2D eigenvalue weighted by Gasteiger charge is 2.07. The van der Waals surface area contributed by atoms with Crippen LogP contribution in [0, 0.1) is 0 Å². The fourth-order valence-corrected chi connectivity index (χ4v) is 1.74. The predicted molar refractivity (Wildman–Crippen MR) is 61.3 cm³/mol. The molecule has 1 N–H and O–H groups in total. The van der Waals surface area contributed by atoms with Gasteiger partial charge in [-0.15, -0.1) is 0 Å². The minimum absolute atomic E-state index is 0.723. The summed E-state index contributed by atoms with van der Waals surface area (Å²) in [7, 11) is 1.94. The Morgan fingerprint density at radius 3 is 3.13 bits per heavy atom. The number of nitrogens with zero attached hydrogens (tertiary/aromatic N) is 1. The molecule has 0 spiro atoms. The fourth-order valence-electron chi connectivity index (χ4n) is 1.57. The molecule has 0 aliphatic rings. The van der Waals surface area contributed by atoms with Gasteiger partial charge in [0.2, 0.25) is 0 Å². The molecule has 1 aromatic heterocycles. The molecule has 0 unspecified atom stereocenters. The van der Waals surface area contributed by atoms with Crippen LogP contribution in [0.1, 0.15) is 12.2 Å². The summed E-state index contributed by atoms with van der Waals surface area (Å²) in [5, 5.41) is 8.84. The Balaban J connectivity index is 2.23. The molecule has 80 valence electrons. The van der Waals surface area contributed by atoms with Crippen LogP contribution in [-0.4, -0.2) is 18.7 Å². The van der Waals surface area contributed by atoms with Crippen LogP contribution in [-0.2, 0) is 6.42 Å². The Morgan fingerprint density at radius 2 is 2.33 bits per heavy atom. The van der Waals surface area contributed by atoms with Gasteiger partial charge in [0.15, 0.2) is 0 Å². The molecule has 0 aliphatic carbocycles. The zero-order valence-corrected chi connectivity index (χ0v) is 9.34. The lowest BCUT2D eigenvalue weighted by atomic mass is 10.1. The Hall–Kier alpha value is -1.06. The van der Waals surface area contributed by atoms with Gasteiger partial charge in [-0.05, 0) is 38.2 Å². The second kappa shape index (κ2) is 4.64. The Labute approximate surface area is 93.4 Å². The smallest absolute Gasteiger partial charge is 0.144 e. The maximum atomic E-state index is 5.93. The molecule has 0 saturated heterocycles. The highest BCUT2D eigenvalue weighted by Crippen LogP contribution is 2.23. The molecule has 0 fully saturated rings. The lowest BCUT2D eigenvalue weighted by Gasteiger charge is -1.96. The largest absolute Gasteiger partial charge is 0.360 e. The molecule has 2 rings (SSSR count). The van der Waals surface area contributed by atoms with Crippen molar-refractivity contribution in [3.63, 3.8) is 0 Å². The van der Waals surface area contributed by atoms with E-state index in [0.717, 1.165) is 41.1 Å². The third kappa shape index (κ3) is 2.30. The summed E-state index contributed by atoms with van der Waals surface area (Å²) >= 11 is 5.93. The standard InChI is InChI=1S/C11H13ClN2O/c1-13-6-2-3-11-9-7-8(12)4-5-10(9)14-15-11/h4-5,7,13H,2-3,6H2,1H3. The number of hydrogen-bond acceptors (Lipinski definition) is 3. The highest BCUT2D eigenvalue weighted by molar-refractivity contribution is 6.31. The van der Waals surface area contributed by atoms with E-state index >= 15 is 0 Å². The second-order valence-corrected chi connectivity index (χ2v) is 3.91. The second-order valence-electron chi connectivity index (χ2n) is 3.47. The van der Waals surface area contributed by atoms with Gasteiger partial charge in [0.1, 0.15) is 11.3 Å². The van der Waals surface area contributed by atoms with Gasteiger partial charge in [-0.25, -0.2) is 0 Å². The number of aromatic nitrogens is 1. The summed E-state index contributed by atoms with van der Waals surface area (Å²) in [6.45, 7) is 0.975. The van der Waals surface area contributed by atoms with Gasteiger partial charge in [-0.1, -0.05) is 16.8 Å². The van der Waals surface area contributed by atoms with Crippen LogP contribution in [0.3, 0.4) is 0 Å². The SMILES string of the molecule is CNCCCc1onc2ccc(Cl)cc12. The lowest BCUT2D eigenvalue weighted by Crippen LogP contribution is -2.08. The van der Waals surface area contributed by atoms with Gasteiger partial charge in [0, 0.05) is 16.8 Å².